The van der Waals surface area contributed by atoms with Crippen LogP contribution in [0.4, 0.5) is 0 Å². The molecule has 1 N–H and O–H groups in total. The molecule has 1 aromatic heterocycles. The fourth-order valence-electron chi connectivity index (χ4n) is 3.76. The maximum atomic E-state index is 12.1. The first-order chi connectivity index (χ1) is 16.7. The summed E-state index contributed by atoms with van der Waals surface area (Å²) in [5.41, 5.74) is 3.69. The van der Waals surface area contributed by atoms with E-state index in [9.17, 15) is 9.59 Å². The van der Waals surface area contributed by atoms with E-state index in [2.05, 4.69) is 11.4 Å². The van der Waals surface area contributed by atoms with Crippen molar-refractivity contribution in [2.24, 2.45) is 0 Å². The molecule has 0 aliphatic carbocycles. The molecule has 3 aromatic rings. The van der Waals surface area contributed by atoms with Gasteiger partial charge >= 0.3 is 11.9 Å². The van der Waals surface area contributed by atoms with Crippen LogP contribution in [0.2, 0.25) is 0 Å². The van der Waals surface area contributed by atoms with E-state index in [1.165, 1.54) is 0 Å². The molecular formula is C28H34N2O5. The Morgan fingerprint density at radius 2 is 1.80 bits per heavy atom. The maximum Gasteiger partial charge on any atom is 0.310 e. The van der Waals surface area contributed by atoms with E-state index in [1.807, 2.05) is 63.2 Å². The van der Waals surface area contributed by atoms with Crippen LogP contribution in [0.25, 0.3) is 22.2 Å². The molecule has 0 radical (unpaired) electrons. The van der Waals surface area contributed by atoms with Crippen LogP contribution in [-0.4, -0.2) is 42.8 Å². The minimum Gasteiger partial charge on any atom is -0.496 e. The molecule has 0 aliphatic heterocycles. The third kappa shape index (κ3) is 7.52. The number of carbonyl (C=O) groups excluding carboxylic acids is 2. The summed E-state index contributed by atoms with van der Waals surface area (Å²) in [6, 6.07) is 15.6. The Bertz CT molecular complexity index is 1180. The lowest BCUT2D eigenvalue weighted by atomic mass is 9.99. The fourth-order valence-corrected chi connectivity index (χ4v) is 3.76. The zero-order valence-corrected chi connectivity index (χ0v) is 21.1. The molecule has 7 heteroatoms. The average Bonchev–Trinajstić information content (AvgIpc) is 2.80. The van der Waals surface area contributed by atoms with E-state index in [0.717, 1.165) is 33.3 Å². The average molecular weight is 479 g/mol. The molecule has 0 saturated carbocycles. The van der Waals surface area contributed by atoms with Crippen LogP contribution in [0.15, 0.2) is 48.5 Å². The Balaban J connectivity index is 1.90. The molecule has 0 amide bonds. The van der Waals surface area contributed by atoms with Gasteiger partial charge in [0.25, 0.3) is 0 Å². The van der Waals surface area contributed by atoms with Gasteiger partial charge in [0.15, 0.2) is 0 Å². The molecule has 1 heterocycles. The minimum atomic E-state index is -0.502. The fraction of sp³-hybridized carbons (Fsp3) is 0.393. The van der Waals surface area contributed by atoms with Crippen LogP contribution in [0.1, 0.15) is 45.2 Å². The molecule has 0 spiro atoms. The number of carbonyl (C=O) groups is 2. The summed E-state index contributed by atoms with van der Waals surface area (Å²) in [6.45, 7) is 8.67. The Hall–Kier alpha value is -3.45. The third-order valence-electron chi connectivity index (χ3n) is 5.22. The number of fused-ring (bicyclic) bond motifs is 1. The predicted octanol–water partition coefficient (Wildman–Crippen LogP) is 4.84. The molecule has 0 aliphatic rings. The van der Waals surface area contributed by atoms with Gasteiger partial charge in [-0.1, -0.05) is 24.3 Å². The summed E-state index contributed by atoms with van der Waals surface area (Å²) in [6.07, 6.45) is 0.438. The highest BCUT2D eigenvalue weighted by molar-refractivity contribution is 5.85. The minimum absolute atomic E-state index is 0.169. The van der Waals surface area contributed by atoms with Crippen LogP contribution in [0.3, 0.4) is 0 Å². The Morgan fingerprint density at radius 3 is 2.51 bits per heavy atom. The molecule has 35 heavy (non-hydrogen) atoms. The summed E-state index contributed by atoms with van der Waals surface area (Å²) in [5, 5.41) is 4.35. The normalized spacial score (nSPS) is 11.3. The van der Waals surface area contributed by atoms with Gasteiger partial charge in [-0.2, -0.15) is 0 Å². The molecule has 3 rings (SSSR count). The van der Waals surface area contributed by atoms with E-state index in [-0.39, 0.29) is 24.8 Å². The molecular weight excluding hydrogens is 444 g/mol. The quantitative estimate of drug-likeness (QED) is 0.330. The van der Waals surface area contributed by atoms with Crippen molar-refractivity contribution in [2.75, 3.05) is 20.3 Å². The first-order valence-corrected chi connectivity index (χ1v) is 11.8. The Morgan fingerprint density at radius 1 is 1.03 bits per heavy atom. The second-order valence-electron chi connectivity index (χ2n) is 9.22. The van der Waals surface area contributed by atoms with Crippen LogP contribution in [0, 0.1) is 0 Å². The number of hydrogen-bond donors (Lipinski definition) is 1. The number of para-hydroxylation sites is 1. The van der Waals surface area contributed by atoms with Crippen molar-refractivity contribution in [3.63, 3.8) is 0 Å². The molecule has 7 nitrogen and oxygen atoms in total. The topological polar surface area (TPSA) is 86.8 Å². The van der Waals surface area contributed by atoms with E-state index in [4.69, 9.17) is 19.2 Å². The number of aromatic nitrogens is 1. The molecule has 0 saturated heterocycles. The number of rotatable bonds is 10. The van der Waals surface area contributed by atoms with Crippen molar-refractivity contribution in [3.05, 3.63) is 59.7 Å². The van der Waals surface area contributed by atoms with Gasteiger partial charge in [-0.25, -0.2) is 4.98 Å². The second-order valence-corrected chi connectivity index (χ2v) is 9.22. The highest BCUT2D eigenvalue weighted by atomic mass is 16.6. The van der Waals surface area contributed by atoms with Crippen molar-refractivity contribution in [1.29, 1.82) is 0 Å². The number of pyridine rings is 1. The van der Waals surface area contributed by atoms with Crippen molar-refractivity contribution >= 4 is 22.8 Å². The lowest BCUT2D eigenvalue weighted by molar-refractivity contribution is -0.154. The van der Waals surface area contributed by atoms with Crippen molar-refractivity contribution in [1.82, 2.24) is 10.3 Å². The summed E-state index contributed by atoms with van der Waals surface area (Å²) < 4.78 is 16.1. The SMILES string of the molecule is CCOC(=O)Cc1ccc(OC)c(-c2nc3ccccc3cc2CNCCC(=O)OC(C)(C)C)c1. The van der Waals surface area contributed by atoms with Crippen LogP contribution in [0.5, 0.6) is 5.75 Å². The summed E-state index contributed by atoms with van der Waals surface area (Å²) >= 11 is 0. The summed E-state index contributed by atoms with van der Waals surface area (Å²) in [4.78, 5) is 29.1. The van der Waals surface area contributed by atoms with Crippen LogP contribution >= 0.6 is 0 Å². The molecule has 0 fully saturated rings. The van der Waals surface area contributed by atoms with Crippen LogP contribution < -0.4 is 10.1 Å². The van der Waals surface area contributed by atoms with Crippen molar-refractivity contribution in [2.45, 2.75) is 52.7 Å². The van der Waals surface area contributed by atoms with Gasteiger partial charge < -0.3 is 19.5 Å². The number of esters is 2. The van der Waals surface area contributed by atoms with E-state index >= 15 is 0 Å². The number of nitrogens with one attached hydrogen (secondary N) is 1. The number of ether oxygens (including phenoxy) is 3. The standard InChI is InChI=1S/C28H34N2O5/c1-6-34-26(32)16-19-11-12-24(33-5)22(15-19)27-21(17-20-9-7-8-10-23(20)30-27)18-29-14-13-25(31)35-28(2,3)4/h7-12,15,17,29H,6,13-14,16,18H2,1-5H3. The molecule has 186 valence electrons. The monoisotopic (exact) mass is 478 g/mol. The largest absolute Gasteiger partial charge is 0.496 e. The van der Waals surface area contributed by atoms with E-state index in [0.29, 0.717) is 25.4 Å². The Kier molecular flexibility index (Phi) is 8.82. The van der Waals surface area contributed by atoms with Gasteiger partial charge in [-0.05, 0) is 63.1 Å². The molecule has 0 bridgehead atoms. The smallest absolute Gasteiger partial charge is 0.310 e. The zero-order valence-electron chi connectivity index (χ0n) is 21.1. The van der Waals surface area contributed by atoms with Crippen molar-refractivity contribution in [3.8, 4) is 17.0 Å². The van der Waals surface area contributed by atoms with Gasteiger partial charge in [0.1, 0.15) is 11.4 Å². The number of hydrogen-bond acceptors (Lipinski definition) is 7. The lowest BCUT2D eigenvalue weighted by Crippen LogP contribution is -2.26. The van der Waals surface area contributed by atoms with Gasteiger partial charge in [0.2, 0.25) is 0 Å². The van der Waals surface area contributed by atoms with Gasteiger partial charge in [0, 0.05) is 24.0 Å². The van der Waals surface area contributed by atoms with Crippen LogP contribution in [-0.2, 0) is 32.0 Å². The number of nitrogens with zero attached hydrogens (tertiary/aromatic N) is 1. The van der Waals surface area contributed by atoms with Gasteiger partial charge in [-0.3, -0.25) is 9.59 Å². The predicted molar refractivity (Wildman–Crippen MR) is 136 cm³/mol. The number of methoxy groups -OCH3 is 1. The first-order valence-electron chi connectivity index (χ1n) is 11.8. The molecule has 0 unspecified atom stereocenters. The molecule has 2 aromatic carbocycles. The Labute approximate surface area is 206 Å². The number of benzene rings is 2. The van der Waals surface area contributed by atoms with E-state index < -0.39 is 5.60 Å². The first kappa shape index (κ1) is 26.2. The third-order valence-corrected chi connectivity index (χ3v) is 5.22. The lowest BCUT2D eigenvalue weighted by Gasteiger charge is -2.19. The highest BCUT2D eigenvalue weighted by Crippen LogP contribution is 2.34. The maximum absolute atomic E-state index is 12.1. The second kappa shape index (κ2) is 11.8. The molecule has 0 atom stereocenters. The van der Waals surface area contributed by atoms with Gasteiger partial charge in [-0.15, -0.1) is 0 Å². The summed E-state index contributed by atoms with van der Waals surface area (Å²) in [7, 11) is 1.61. The van der Waals surface area contributed by atoms with E-state index in [1.54, 1.807) is 14.0 Å². The zero-order chi connectivity index (χ0) is 25.4. The van der Waals surface area contributed by atoms with Crippen molar-refractivity contribution < 1.29 is 23.8 Å². The van der Waals surface area contributed by atoms with Gasteiger partial charge in [0.05, 0.1) is 37.8 Å². The highest BCUT2D eigenvalue weighted by Gasteiger charge is 2.18. The summed E-state index contributed by atoms with van der Waals surface area (Å²) in [5.74, 6) is 0.143.